The van der Waals surface area contributed by atoms with Crippen LogP contribution in [0.25, 0.3) is 0 Å². The molecule has 1 N–H and O–H groups in total. The van der Waals surface area contributed by atoms with E-state index in [4.69, 9.17) is 0 Å². The normalized spacial score (nSPS) is 24.8. The fourth-order valence-corrected chi connectivity index (χ4v) is 2.56. The van der Waals surface area contributed by atoms with E-state index in [-0.39, 0.29) is 0 Å². The highest BCUT2D eigenvalue weighted by Gasteiger charge is 2.23. The average Bonchev–Trinajstić information content (AvgIpc) is 2.45. The van der Waals surface area contributed by atoms with Gasteiger partial charge in [0.25, 0.3) is 0 Å². The lowest BCUT2D eigenvalue weighted by molar-refractivity contribution is 0.171. The first-order valence-electron chi connectivity index (χ1n) is 6.66. The van der Waals surface area contributed by atoms with Gasteiger partial charge in [-0.05, 0) is 38.3 Å². The third-order valence-electron chi connectivity index (χ3n) is 3.72. The Bertz CT molecular complexity index is 164. The highest BCUT2D eigenvalue weighted by atomic mass is 15.2. The van der Waals surface area contributed by atoms with Crippen molar-refractivity contribution in [1.82, 2.24) is 10.2 Å². The van der Waals surface area contributed by atoms with E-state index < -0.39 is 0 Å². The van der Waals surface area contributed by atoms with E-state index in [0.717, 1.165) is 12.0 Å². The van der Waals surface area contributed by atoms with Gasteiger partial charge < -0.3 is 5.32 Å². The Balaban J connectivity index is 2.55. The summed E-state index contributed by atoms with van der Waals surface area (Å²) in [7, 11) is 0. The molecule has 0 radical (unpaired) electrons. The monoisotopic (exact) mass is 212 g/mol. The second-order valence-corrected chi connectivity index (χ2v) is 5.12. The van der Waals surface area contributed by atoms with E-state index >= 15 is 0 Å². The summed E-state index contributed by atoms with van der Waals surface area (Å²) in [5, 5.41) is 3.67. The Hall–Kier alpha value is -0.0800. The molecule has 90 valence electrons. The van der Waals surface area contributed by atoms with Crippen molar-refractivity contribution in [2.24, 2.45) is 5.92 Å². The predicted octanol–water partition coefficient (Wildman–Crippen LogP) is 2.49. The van der Waals surface area contributed by atoms with Crippen LogP contribution < -0.4 is 5.32 Å². The Labute approximate surface area is 95.4 Å². The van der Waals surface area contributed by atoms with Gasteiger partial charge in [0.1, 0.15) is 0 Å². The molecule has 1 fully saturated rings. The molecular weight excluding hydrogens is 184 g/mol. The average molecular weight is 212 g/mol. The molecular formula is C13H28N2. The molecule has 1 rings (SSSR count). The van der Waals surface area contributed by atoms with Gasteiger partial charge in [-0.3, -0.25) is 4.90 Å². The summed E-state index contributed by atoms with van der Waals surface area (Å²) in [5.41, 5.74) is 0. The molecule has 0 bridgehead atoms. The van der Waals surface area contributed by atoms with Gasteiger partial charge in [0, 0.05) is 18.6 Å². The number of rotatable bonds is 4. The lowest BCUT2D eigenvalue weighted by atomic mass is 10.0. The molecule has 0 aromatic rings. The van der Waals surface area contributed by atoms with Crippen LogP contribution in [0.4, 0.5) is 0 Å². The van der Waals surface area contributed by atoms with Gasteiger partial charge in [0.05, 0.1) is 0 Å². The van der Waals surface area contributed by atoms with Crippen molar-refractivity contribution < 1.29 is 0 Å². The maximum absolute atomic E-state index is 3.67. The van der Waals surface area contributed by atoms with E-state index in [9.17, 15) is 0 Å². The van der Waals surface area contributed by atoms with Crippen molar-refractivity contribution >= 4 is 0 Å². The van der Waals surface area contributed by atoms with Crippen molar-refractivity contribution in [3.05, 3.63) is 0 Å². The molecule has 1 atom stereocenters. The molecule has 2 heteroatoms. The van der Waals surface area contributed by atoms with Gasteiger partial charge in [-0.25, -0.2) is 0 Å². The molecule has 0 spiro atoms. The maximum atomic E-state index is 3.67. The summed E-state index contributed by atoms with van der Waals surface area (Å²) in [6.07, 6.45) is 3.89. The van der Waals surface area contributed by atoms with E-state index in [1.54, 1.807) is 0 Å². The highest BCUT2D eigenvalue weighted by molar-refractivity contribution is 4.82. The number of nitrogens with one attached hydrogen (secondary N) is 1. The third kappa shape index (κ3) is 3.76. The van der Waals surface area contributed by atoms with E-state index in [1.165, 1.54) is 38.9 Å². The molecule has 1 saturated heterocycles. The molecule has 2 nitrogen and oxygen atoms in total. The van der Waals surface area contributed by atoms with Gasteiger partial charge >= 0.3 is 0 Å². The van der Waals surface area contributed by atoms with Crippen LogP contribution in [0.5, 0.6) is 0 Å². The van der Waals surface area contributed by atoms with Crippen LogP contribution in [-0.4, -0.2) is 36.6 Å². The van der Waals surface area contributed by atoms with Crippen LogP contribution in [0.15, 0.2) is 0 Å². The second kappa shape index (κ2) is 6.49. The fourth-order valence-electron chi connectivity index (χ4n) is 2.56. The van der Waals surface area contributed by atoms with Crippen LogP contribution in [0.3, 0.4) is 0 Å². The van der Waals surface area contributed by atoms with E-state index in [1.807, 2.05) is 0 Å². The zero-order chi connectivity index (χ0) is 11.3. The number of nitrogens with zero attached hydrogens (tertiary/aromatic N) is 1. The van der Waals surface area contributed by atoms with Crippen molar-refractivity contribution in [2.75, 3.05) is 19.6 Å². The minimum absolute atomic E-state index is 0.688. The molecule has 0 aliphatic carbocycles. The van der Waals surface area contributed by atoms with E-state index in [2.05, 4.69) is 37.9 Å². The topological polar surface area (TPSA) is 15.3 Å². The lowest BCUT2D eigenvalue weighted by Crippen LogP contribution is -2.44. The van der Waals surface area contributed by atoms with Crippen LogP contribution in [0.2, 0.25) is 0 Å². The van der Waals surface area contributed by atoms with Crippen LogP contribution in [0, 0.1) is 5.92 Å². The molecule has 0 saturated carbocycles. The SMILES string of the molecule is CCC(CC)N1CCCNC(C(C)C)C1. The molecule has 1 heterocycles. The standard InChI is InChI=1S/C13H28N2/c1-5-12(6-2)15-9-7-8-14-13(10-15)11(3)4/h11-14H,5-10H2,1-4H3. The Morgan fingerprint density at radius 3 is 2.47 bits per heavy atom. The van der Waals surface area contributed by atoms with Gasteiger partial charge in [-0.15, -0.1) is 0 Å². The van der Waals surface area contributed by atoms with Crippen molar-refractivity contribution in [1.29, 1.82) is 0 Å². The molecule has 1 aliphatic rings. The maximum Gasteiger partial charge on any atom is 0.0218 e. The first-order chi connectivity index (χ1) is 7.19. The fraction of sp³-hybridized carbons (Fsp3) is 1.00. The van der Waals surface area contributed by atoms with Crippen molar-refractivity contribution in [2.45, 2.75) is 59.0 Å². The van der Waals surface area contributed by atoms with Gasteiger partial charge in [0.2, 0.25) is 0 Å². The highest BCUT2D eigenvalue weighted by Crippen LogP contribution is 2.15. The van der Waals surface area contributed by atoms with Crippen LogP contribution >= 0.6 is 0 Å². The first-order valence-corrected chi connectivity index (χ1v) is 6.66. The van der Waals surface area contributed by atoms with Crippen molar-refractivity contribution in [3.8, 4) is 0 Å². The molecule has 0 amide bonds. The quantitative estimate of drug-likeness (QED) is 0.770. The second-order valence-electron chi connectivity index (χ2n) is 5.12. The predicted molar refractivity (Wildman–Crippen MR) is 67.2 cm³/mol. The smallest absolute Gasteiger partial charge is 0.0218 e. The summed E-state index contributed by atoms with van der Waals surface area (Å²) in [6, 6.07) is 1.49. The molecule has 1 aliphatic heterocycles. The third-order valence-corrected chi connectivity index (χ3v) is 3.72. The molecule has 15 heavy (non-hydrogen) atoms. The zero-order valence-corrected chi connectivity index (χ0v) is 10.9. The van der Waals surface area contributed by atoms with Gasteiger partial charge in [-0.2, -0.15) is 0 Å². The largest absolute Gasteiger partial charge is 0.312 e. The Morgan fingerprint density at radius 1 is 1.27 bits per heavy atom. The summed E-state index contributed by atoms with van der Waals surface area (Å²) in [5.74, 6) is 0.750. The van der Waals surface area contributed by atoms with Crippen LogP contribution in [-0.2, 0) is 0 Å². The lowest BCUT2D eigenvalue weighted by Gasteiger charge is -2.32. The minimum atomic E-state index is 0.688. The summed E-state index contributed by atoms with van der Waals surface area (Å²) in [6.45, 7) is 13.0. The minimum Gasteiger partial charge on any atom is -0.312 e. The molecule has 0 aromatic heterocycles. The van der Waals surface area contributed by atoms with Crippen LogP contribution in [0.1, 0.15) is 47.0 Å². The van der Waals surface area contributed by atoms with E-state index in [0.29, 0.717) is 6.04 Å². The number of hydrogen-bond acceptors (Lipinski definition) is 2. The molecule has 0 aromatic carbocycles. The Kier molecular flexibility index (Phi) is 5.62. The summed E-state index contributed by atoms with van der Waals surface area (Å²) < 4.78 is 0. The zero-order valence-electron chi connectivity index (χ0n) is 10.9. The number of hydrogen-bond donors (Lipinski definition) is 1. The summed E-state index contributed by atoms with van der Waals surface area (Å²) >= 11 is 0. The molecule has 1 unspecified atom stereocenters. The first kappa shape index (κ1) is 13.0. The Morgan fingerprint density at radius 2 is 1.93 bits per heavy atom. The summed E-state index contributed by atoms with van der Waals surface area (Å²) in [4.78, 5) is 2.70. The van der Waals surface area contributed by atoms with Gasteiger partial charge in [-0.1, -0.05) is 27.7 Å². The van der Waals surface area contributed by atoms with Crippen molar-refractivity contribution in [3.63, 3.8) is 0 Å². The van der Waals surface area contributed by atoms with Gasteiger partial charge in [0.15, 0.2) is 0 Å².